The van der Waals surface area contributed by atoms with Gasteiger partial charge in [-0.1, -0.05) is 46.4 Å². The van der Waals surface area contributed by atoms with Crippen molar-refractivity contribution in [2.45, 2.75) is 0 Å². The van der Waals surface area contributed by atoms with Crippen LogP contribution >= 0.6 is 67.8 Å². The van der Waals surface area contributed by atoms with Crippen LogP contribution in [0, 0.1) is 0 Å². The first kappa shape index (κ1) is 13.9. The Morgan fingerprint density at radius 1 is 1.00 bits per heavy atom. The van der Waals surface area contributed by atoms with Crippen molar-refractivity contribution in [3.8, 4) is 0 Å². The lowest BCUT2D eigenvalue weighted by atomic mass is 10.4. The Hall–Kier alpha value is 0.840. The van der Waals surface area contributed by atoms with E-state index in [1.54, 1.807) is 0 Å². The molecule has 0 spiro atoms. The fraction of sp³-hybridized carbons (Fsp3) is 0. The molecular weight excluding hydrogens is 349 g/mol. The summed E-state index contributed by atoms with van der Waals surface area (Å²) in [7, 11) is 6.95. The number of aromatic nitrogens is 1. The van der Waals surface area contributed by atoms with Crippen LogP contribution in [0.25, 0.3) is 0 Å². The topological polar surface area (TPSA) is 42.3 Å². The molecule has 15 heavy (non-hydrogen) atoms. The highest BCUT2D eigenvalue weighted by molar-refractivity contribution is 8.33. The predicted octanol–water partition coefficient (Wildman–Crippen LogP) is 5.10. The van der Waals surface area contributed by atoms with Crippen molar-refractivity contribution in [2.75, 3.05) is 0 Å². The second kappa shape index (κ2) is 5.00. The van der Waals surface area contributed by atoms with Gasteiger partial charge in [0.2, 0.25) is 8.16 Å². The molecule has 3 nitrogen and oxygen atoms in total. The molecule has 84 valence electrons. The fourth-order valence-corrected chi connectivity index (χ4v) is 2.17. The molecule has 0 bridgehead atoms. The molecule has 1 aromatic heterocycles. The molecule has 0 atom stereocenters. The smallest absolute Gasteiger partial charge is 0.216 e. The summed E-state index contributed by atoms with van der Waals surface area (Å²) in [6.45, 7) is 0. The minimum atomic E-state index is -3.43. The van der Waals surface area contributed by atoms with E-state index >= 15 is 0 Å². The molecule has 0 aromatic carbocycles. The molecule has 0 aliphatic rings. The third-order valence-electron chi connectivity index (χ3n) is 1.16. The average molecular weight is 349 g/mol. The van der Waals surface area contributed by atoms with Gasteiger partial charge < -0.3 is 0 Å². The SMILES string of the molecule is O=S(Cl)(Cl)=Nc1nc(Cl)c(Cl)c(Cl)c1Cl. The minimum Gasteiger partial charge on any atom is -0.216 e. The van der Waals surface area contributed by atoms with Gasteiger partial charge in [0, 0.05) is 21.4 Å². The van der Waals surface area contributed by atoms with Crippen LogP contribution in [0.1, 0.15) is 0 Å². The molecule has 0 saturated carbocycles. The molecule has 1 rings (SSSR count). The summed E-state index contributed by atoms with van der Waals surface area (Å²) < 4.78 is 14.3. The molecule has 0 unspecified atom stereocenters. The molecule has 1 heterocycles. The van der Waals surface area contributed by atoms with E-state index in [2.05, 4.69) is 9.35 Å². The maximum atomic E-state index is 11.0. The summed E-state index contributed by atoms with van der Waals surface area (Å²) in [5.74, 6) is -0.230. The van der Waals surface area contributed by atoms with Gasteiger partial charge in [-0.05, 0) is 0 Å². The Kier molecular flexibility index (Phi) is 4.64. The van der Waals surface area contributed by atoms with Gasteiger partial charge in [-0.2, -0.15) is 4.36 Å². The Labute approximate surface area is 115 Å². The van der Waals surface area contributed by atoms with Crippen molar-refractivity contribution in [3.05, 3.63) is 20.2 Å². The molecule has 0 radical (unpaired) electrons. The van der Waals surface area contributed by atoms with E-state index in [0.717, 1.165) is 0 Å². The predicted molar refractivity (Wildman–Crippen MR) is 66.2 cm³/mol. The van der Waals surface area contributed by atoms with Gasteiger partial charge in [0.15, 0.2) is 11.0 Å². The third-order valence-corrected chi connectivity index (χ3v) is 3.63. The standard InChI is InChI=1S/C5Cl6N2OS/c6-1-2(7)4(9)12-5(3(1)8)13-15(10,11)14. The van der Waals surface area contributed by atoms with E-state index in [-0.39, 0.29) is 26.0 Å². The normalized spacial score (nSPS) is 11.6. The summed E-state index contributed by atoms with van der Waals surface area (Å²) in [5.41, 5.74) is 0. The largest absolute Gasteiger partial charge is 0.221 e. The van der Waals surface area contributed by atoms with E-state index in [1.165, 1.54) is 0 Å². The van der Waals surface area contributed by atoms with Crippen molar-refractivity contribution >= 4 is 81.7 Å². The summed E-state index contributed by atoms with van der Waals surface area (Å²) >= 11 is 22.6. The lowest BCUT2D eigenvalue weighted by molar-refractivity contribution is 0.693. The maximum Gasteiger partial charge on any atom is 0.221 e. The van der Waals surface area contributed by atoms with Crippen molar-refractivity contribution < 1.29 is 4.21 Å². The van der Waals surface area contributed by atoms with Gasteiger partial charge in [-0.15, -0.1) is 0 Å². The zero-order valence-electron chi connectivity index (χ0n) is 6.48. The number of rotatable bonds is 1. The van der Waals surface area contributed by atoms with Crippen LogP contribution < -0.4 is 0 Å². The number of hydrogen-bond donors (Lipinski definition) is 0. The molecular formula is C5Cl6N2OS. The van der Waals surface area contributed by atoms with Crippen LogP contribution in [0.2, 0.25) is 20.2 Å². The third kappa shape index (κ3) is 3.66. The first-order chi connectivity index (χ1) is 6.72. The van der Waals surface area contributed by atoms with Crippen molar-refractivity contribution in [1.29, 1.82) is 0 Å². The van der Waals surface area contributed by atoms with E-state index in [1.807, 2.05) is 0 Å². The Balaban J connectivity index is 3.54. The lowest BCUT2D eigenvalue weighted by Gasteiger charge is -2.03. The molecule has 1 aromatic rings. The fourth-order valence-electron chi connectivity index (χ4n) is 0.637. The maximum absolute atomic E-state index is 11.0. The molecule has 0 aliphatic heterocycles. The van der Waals surface area contributed by atoms with Crippen LogP contribution in [0.3, 0.4) is 0 Å². The zero-order chi connectivity index (χ0) is 11.8. The van der Waals surface area contributed by atoms with E-state index in [0.29, 0.717) is 0 Å². The highest BCUT2D eigenvalue weighted by atomic mass is 36.0. The van der Waals surface area contributed by atoms with E-state index in [4.69, 9.17) is 67.8 Å². The first-order valence-electron chi connectivity index (χ1n) is 3.08. The van der Waals surface area contributed by atoms with Gasteiger partial charge in [-0.3, -0.25) is 0 Å². The number of hydrogen-bond acceptors (Lipinski definition) is 3. The Morgan fingerprint density at radius 2 is 1.53 bits per heavy atom. The van der Waals surface area contributed by atoms with Gasteiger partial charge >= 0.3 is 0 Å². The summed E-state index contributed by atoms with van der Waals surface area (Å²) in [4.78, 5) is 3.62. The van der Waals surface area contributed by atoms with Crippen LogP contribution in [-0.4, -0.2) is 9.19 Å². The minimum absolute atomic E-state index is 0.0297. The van der Waals surface area contributed by atoms with E-state index < -0.39 is 8.16 Å². The van der Waals surface area contributed by atoms with Crippen LogP contribution in [0.15, 0.2) is 4.36 Å². The summed E-state index contributed by atoms with van der Waals surface area (Å²) in [5, 5.41) is -0.353. The molecule has 0 aliphatic carbocycles. The van der Waals surface area contributed by atoms with Crippen molar-refractivity contribution in [3.63, 3.8) is 0 Å². The number of pyridine rings is 1. The molecule has 0 saturated heterocycles. The quantitative estimate of drug-likeness (QED) is 0.523. The molecule has 0 fully saturated rings. The lowest BCUT2D eigenvalue weighted by Crippen LogP contribution is -1.84. The second-order valence-corrected chi connectivity index (χ2v) is 7.61. The second-order valence-electron chi connectivity index (χ2n) is 2.16. The monoisotopic (exact) mass is 346 g/mol. The summed E-state index contributed by atoms with van der Waals surface area (Å²) in [6.07, 6.45) is 0. The highest BCUT2D eigenvalue weighted by Crippen LogP contribution is 2.40. The van der Waals surface area contributed by atoms with Crippen molar-refractivity contribution in [2.24, 2.45) is 4.36 Å². The van der Waals surface area contributed by atoms with Crippen LogP contribution in [0.5, 0.6) is 0 Å². The van der Waals surface area contributed by atoms with Gasteiger partial charge in [0.25, 0.3) is 0 Å². The van der Waals surface area contributed by atoms with Crippen molar-refractivity contribution in [1.82, 2.24) is 4.98 Å². The zero-order valence-corrected chi connectivity index (χ0v) is 11.8. The molecule has 10 heteroatoms. The van der Waals surface area contributed by atoms with Gasteiger partial charge in [0.1, 0.15) is 5.02 Å². The van der Waals surface area contributed by atoms with Crippen LogP contribution in [0.4, 0.5) is 5.82 Å². The van der Waals surface area contributed by atoms with Gasteiger partial charge in [-0.25, -0.2) is 9.19 Å². The number of nitrogens with zero attached hydrogens (tertiary/aromatic N) is 2. The molecule has 0 N–H and O–H groups in total. The summed E-state index contributed by atoms with van der Waals surface area (Å²) in [6, 6.07) is 0. The Morgan fingerprint density at radius 3 is 2.00 bits per heavy atom. The average Bonchev–Trinajstić information content (AvgIpc) is 2.08. The number of halogens is 6. The van der Waals surface area contributed by atoms with E-state index in [9.17, 15) is 4.21 Å². The van der Waals surface area contributed by atoms with Gasteiger partial charge in [0.05, 0.1) is 10.0 Å². The Bertz CT molecular complexity index is 515. The highest BCUT2D eigenvalue weighted by Gasteiger charge is 2.15. The molecule has 0 amide bonds. The first-order valence-corrected chi connectivity index (χ1v) is 7.76. The van der Waals surface area contributed by atoms with Crippen LogP contribution in [-0.2, 0) is 8.16 Å².